The van der Waals surface area contributed by atoms with Crippen LogP contribution in [0.25, 0.3) is 33.0 Å². The van der Waals surface area contributed by atoms with Crippen LogP contribution in [0.2, 0.25) is 0 Å². The highest BCUT2D eigenvalue weighted by atomic mass is 32.2. The van der Waals surface area contributed by atoms with Gasteiger partial charge in [0, 0.05) is 34.7 Å². The molecule has 0 bridgehead atoms. The van der Waals surface area contributed by atoms with Crippen molar-refractivity contribution in [3.63, 3.8) is 0 Å². The van der Waals surface area contributed by atoms with E-state index in [0.29, 0.717) is 0 Å². The number of nitrogens with two attached hydrogens (primary N) is 1. The maximum atomic E-state index is 12.5. The molecule has 16 nitrogen and oxygen atoms in total. The number of rotatable bonds is 10. The van der Waals surface area contributed by atoms with Crippen molar-refractivity contribution in [3.8, 4) is 28.0 Å². The largest absolute Gasteiger partial charge is 0.507 e. The van der Waals surface area contributed by atoms with Crippen LogP contribution >= 0.6 is 0 Å². The Labute approximate surface area is 283 Å². The van der Waals surface area contributed by atoms with Gasteiger partial charge in [0.05, 0.1) is 26.1 Å². The van der Waals surface area contributed by atoms with Crippen molar-refractivity contribution in [2.45, 2.75) is 14.7 Å². The van der Waals surface area contributed by atoms with Crippen molar-refractivity contribution in [1.29, 1.82) is 0 Å². The van der Waals surface area contributed by atoms with Gasteiger partial charge in [-0.3, -0.25) is 19.4 Å². The SMILES string of the molecule is CS(=O)(=O)c1cc([N+](=O)[O-])ccc1N=Nc1ccc(O)c2cccc(-c3cc(S(N)(=O)=O)ccc3-c3cccc(S(=O)O)c3NS(=O)O)c12. The van der Waals surface area contributed by atoms with E-state index >= 15 is 0 Å². The number of hydrogen-bond donors (Lipinski definition) is 5. The molecule has 0 aliphatic carbocycles. The van der Waals surface area contributed by atoms with E-state index < -0.39 is 57.7 Å². The monoisotopic (exact) mass is 745 g/mol. The lowest BCUT2D eigenvalue weighted by atomic mass is 9.90. The first-order chi connectivity index (χ1) is 23.0. The number of nitro groups is 1. The number of hydrogen-bond acceptors (Lipinski definition) is 11. The highest BCUT2D eigenvalue weighted by molar-refractivity contribution is 7.91. The molecule has 0 aromatic heterocycles. The van der Waals surface area contributed by atoms with Crippen LogP contribution in [0, 0.1) is 10.1 Å². The van der Waals surface area contributed by atoms with Crippen molar-refractivity contribution >= 4 is 75.7 Å². The number of azo groups is 1. The first-order valence-corrected chi connectivity index (χ1v) is 19.1. The predicted molar refractivity (Wildman–Crippen MR) is 182 cm³/mol. The van der Waals surface area contributed by atoms with E-state index in [9.17, 15) is 49.6 Å². The summed E-state index contributed by atoms with van der Waals surface area (Å²) in [5.41, 5.74) is -0.308. The number of sulfone groups is 1. The van der Waals surface area contributed by atoms with Crippen LogP contribution in [0.1, 0.15) is 0 Å². The molecule has 0 aliphatic rings. The molecule has 0 saturated heterocycles. The molecule has 0 fully saturated rings. The Hall–Kier alpha value is -4.96. The molecular weight excluding hydrogens is 723 g/mol. The number of benzene rings is 5. The minimum absolute atomic E-state index is 0.0354. The number of nitrogens with one attached hydrogen (secondary N) is 1. The molecule has 0 saturated carbocycles. The van der Waals surface area contributed by atoms with Crippen LogP contribution in [-0.2, 0) is 42.2 Å². The summed E-state index contributed by atoms with van der Waals surface area (Å²) in [6.45, 7) is 0. The smallest absolute Gasteiger partial charge is 0.270 e. The van der Waals surface area contributed by atoms with Gasteiger partial charge in [0.15, 0.2) is 20.9 Å². The Morgan fingerprint density at radius 1 is 0.816 bits per heavy atom. The van der Waals surface area contributed by atoms with Gasteiger partial charge in [-0.25, -0.2) is 30.4 Å². The lowest BCUT2D eigenvalue weighted by Crippen LogP contribution is -2.12. The van der Waals surface area contributed by atoms with Crippen molar-refractivity contribution < 1.29 is 44.4 Å². The lowest BCUT2D eigenvalue weighted by Gasteiger charge is -2.18. The first kappa shape index (κ1) is 35.3. The summed E-state index contributed by atoms with van der Waals surface area (Å²) >= 11 is -5.35. The van der Waals surface area contributed by atoms with Gasteiger partial charge in [-0.15, -0.1) is 10.2 Å². The van der Waals surface area contributed by atoms with E-state index in [0.717, 1.165) is 24.5 Å². The van der Waals surface area contributed by atoms with Gasteiger partial charge in [-0.1, -0.05) is 36.4 Å². The molecular formula is C29H23N5O11S4. The molecule has 5 aromatic carbocycles. The minimum atomic E-state index is -4.32. The summed E-state index contributed by atoms with van der Waals surface area (Å²) in [5, 5.41) is 36.2. The van der Waals surface area contributed by atoms with Crippen molar-refractivity contribution in [3.05, 3.63) is 95.0 Å². The van der Waals surface area contributed by atoms with Crippen molar-refractivity contribution in [2.24, 2.45) is 15.4 Å². The number of sulfonamides is 1. The van der Waals surface area contributed by atoms with Crippen LogP contribution in [0.3, 0.4) is 0 Å². The number of para-hydroxylation sites is 1. The number of nitrogens with zero attached hydrogens (tertiary/aromatic N) is 3. The van der Waals surface area contributed by atoms with Crippen LogP contribution in [0.4, 0.5) is 22.7 Å². The Morgan fingerprint density at radius 2 is 1.47 bits per heavy atom. The van der Waals surface area contributed by atoms with Crippen molar-refractivity contribution in [1.82, 2.24) is 0 Å². The fourth-order valence-electron chi connectivity index (χ4n) is 5.04. The summed E-state index contributed by atoms with van der Waals surface area (Å²) in [5.74, 6) is -0.234. The topological polar surface area (TPSA) is 269 Å². The third kappa shape index (κ3) is 7.39. The Balaban J connectivity index is 1.85. The van der Waals surface area contributed by atoms with Gasteiger partial charge in [0.1, 0.15) is 16.3 Å². The molecule has 0 spiro atoms. The zero-order chi connectivity index (χ0) is 35.8. The number of phenolic OH excluding ortho intramolecular Hbond substituents is 1. The lowest BCUT2D eigenvalue weighted by molar-refractivity contribution is -0.385. The average Bonchev–Trinajstić information content (AvgIpc) is 3.03. The van der Waals surface area contributed by atoms with Crippen LogP contribution < -0.4 is 9.86 Å². The first-order valence-electron chi connectivity index (χ1n) is 13.4. The number of aromatic hydroxyl groups is 1. The number of fused-ring (bicyclic) bond motifs is 1. The second kappa shape index (κ2) is 13.5. The summed E-state index contributed by atoms with van der Waals surface area (Å²) in [6, 6.07) is 18.0. The molecule has 5 rings (SSSR count). The number of non-ortho nitro benzene ring substituents is 1. The minimum Gasteiger partial charge on any atom is -0.507 e. The van der Waals surface area contributed by atoms with Crippen LogP contribution in [-0.4, -0.2) is 50.6 Å². The number of anilines is 1. The maximum absolute atomic E-state index is 12.5. The van der Waals surface area contributed by atoms with Gasteiger partial charge in [-0.05, 0) is 53.1 Å². The summed E-state index contributed by atoms with van der Waals surface area (Å²) in [4.78, 5) is 9.43. The molecule has 5 aromatic rings. The fourth-order valence-corrected chi connectivity index (χ4v) is 7.39. The van der Waals surface area contributed by atoms with E-state index in [1.807, 2.05) is 0 Å². The van der Waals surface area contributed by atoms with Gasteiger partial charge < -0.3 is 9.66 Å². The summed E-state index contributed by atoms with van der Waals surface area (Å²) < 4.78 is 95.8. The fraction of sp³-hybridized carbons (Fsp3) is 0.0345. The second-order valence-electron chi connectivity index (χ2n) is 10.2. The van der Waals surface area contributed by atoms with E-state index in [1.54, 1.807) is 0 Å². The third-order valence-corrected chi connectivity index (χ3v) is 10.3. The number of primary sulfonamides is 1. The Bertz CT molecular complexity index is 2490. The quantitative estimate of drug-likeness (QED) is 0.0524. The van der Waals surface area contributed by atoms with Gasteiger partial charge >= 0.3 is 0 Å². The Kier molecular flexibility index (Phi) is 9.75. The predicted octanol–water partition coefficient (Wildman–Crippen LogP) is 5.38. The maximum Gasteiger partial charge on any atom is 0.270 e. The molecule has 2 unspecified atom stereocenters. The zero-order valence-electron chi connectivity index (χ0n) is 24.7. The molecule has 0 radical (unpaired) electrons. The van der Waals surface area contributed by atoms with Gasteiger partial charge in [0.25, 0.3) is 17.0 Å². The molecule has 0 heterocycles. The van der Waals surface area contributed by atoms with Gasteiger partial charge in [-0.2, -0.15) is 0 Å². The van der Waals surface area contributed by atoms with E-state index in [1.165, 1.54) is 66.7 Å². The normalized spacial score (nSPS) is 13.4. The van der Waals surface area contributed by atoms with Gasteiger partial charge in [0.2, 0.25) is 10.0 Å². The van der Waals surface area contributed by atoms with E-state index in [4.69, 9.17) is 5.14 Å². The number of phenols is 1. The van der Waals surface area contributed by atoms with Crippen LogP contribution in [0.15, 0.2) is 110 Å². The van der Waals surface area contributed by atoms with E-state index in [-0.39, 0.29) is 65.6 Å². The standard InChI is InChI=1S/C29H23N5O11S4/c1-48(42,43)27-14-16(34(36)37)8-11-23(27)31-32-24-12-13-25(35)21-6-2-4-19(28(21)24)22-15-17(49(30,44)45)9-10-18(22)20-5-3-7-26(46(38)39)29(20)33-47(40)41/h2-15,33,35H,1H3,(H,38,39)(H,40,41)(H2,30,44,45). The highest BCUT2D eigenvalue weighted by Gasteiger charge is 2.23. The second-order valence-corrected chi connectivity index (χ2v) is 15.4. The molecule has 6 N–H and O–H groups in total. The summed E-state index contributed by atoms with van der Waals surface area (Å²) in [7, 11) is -8.34. The molecule has 0 aliphatic heterocycles. The van der Waals surface area contributed by atoms with E-state index in [2.05, 4.69) is 15.0 Å². The molecule has 0 amide bonds. The Morgan fingerprint density at radius 3 is 2.10 bits per heavy atom. The number of nitro benzene ring substituents is 1. The summed E-state index contributed by atoms with van der Waals surface area (Å²) in [6.07, 6.45) is 0.843. The molecule has 20 heteroatoms. The average molecular weight is 746 g/mol. The third-order valence-electron chi connectivity index (χ3n) is 7.12. The van der Waals surface area contributed by atoms with Crippen LogP contribution in [0.5, 0.6) is 5.75 Å². The molecule has 254 valence electrons. The highest BCUT2D eigenvalue weighted by Crippen LogP contribution is 2.46. The molecule has 49 heavy (non-hydrogen) atoms. The zero-order valence-corrected chi connectivity index (χ0v) is 28.0. The molecule has 2 atom stereocenters. The van der Waals surface area contributed by atoms with Crippen molar-refractivity contribution in [2.75, 3.05) is 11.0 Å².